The molecule has 2 aromatic heterocycles. The van der Waals surface area contributed by atoms with Gasteiger partial charge in [0.25, 0.3) is 0 Å². The Bertz CT molecular complexity index is 885. The summed E-state index contributed by atoms with van der Waals surface area (Å²) in [5, 5.41) is 11.4. The van der Waals surface area contributed by atoms with E-state index in [1.807, 2.05) is 58.8 Å². The predicted octanol–water partition coefficient (Wildman–Crippen LogP) is 2.32. The van der Waals surface area contributed by atoms with Crippen molar-refractivity contribution in [1.29, 1.82) is 0 Å². The molecule has 2 amide bonds. The van der Waals surface area contributed by atoms with Gasteiger partial charge in [-0.3, -0.25) is 4.40 Å². The van der Waals surface area contributed by atoms with Crippen LogP contribution >= 0.6 is 0 Å². The Hall–Kier alpha value is -3.09. The van der Waals surface area contributed by atoms with Crippen LogP contribution in [-0.2, 0) is 0 Å². The number of carbonyl (C=O) groups excluding carboxylic acids is 1. The minimum atomic E-state index is -0.216. The fourth-order valence-corrected chi connectivity index (χ4v) is 3.30. The number of hydrogen-bond acceptors (Lipinski definition) is 4. The second kappa shape index (κ2) is 7.03. The number of benzene rings is 1. The summed E-state index contributed by atoms with van der Waals surface area (Å²) in [5.41, 5.74) is 1.98. The van der Waals surface area contributed by atoms with Gasteiger partial charge in [-0.1, -0.05) is 24.3 Å². The average molecular weight is 350 g/mol. The van der Waals surface area contributed by atoms with E-state index in [1.54, 1.807) is 0 Å². The standard InChI is InChI=1S/C19H22N6O/c1-15(18-22-21-17-9-5-6-10-25(17)18)20-19(26)24-13-11-23(12-14-24)16-7-3-2-4-8-16/h2-10,15H,11-14H2,1H3,(H,20,26)/t15-/m1/s1. The molecule has 0 aliphatic carbocycles. The minimum Gasteiger partial charge on any atom is -0.368 e. The molecule has 0 unspecified atom stereocenters. The molecular weight excluding hydrogens is 328 g/mol. The number of fused-ring (bicyclic) bond motifs is 1. The molecule has 3 heterocycles. The summed E-state index contributed by atoms with van der Waals surface area (Å²) in [6.45, 7) is 5.00. The van der Waals surface area contributed by atoms with Gasteiger partial charge in [-0.05, 0) is 31.2 Å². The molecule has 1 saturated heterocycles. The highest BCUT2D eigenvalue weighted by atomic mass is 16.2. The molecule has 7 heteroatoms. The SMILES string of the molecule is C[C@@H](NC(=O)N1CCN(c2ccccc2)CC1)c1nnc2ccccn12. The van der Waals surface area contributed by atoms with Crippen LogP contribution in [0.3, 0.4) is 0 Å². The van der Waals surface area contributed by atoms with Crippen molar-refractivity contribution in [2.45, 2.75) is 13.0 Å². The van der Waals surface area contributed by atoms with Crippen LogP contribution in [0, 0.1) is 0 Å². The molecule has 1 aliphatic heterocycles. The van der Waals surface area contributed by atoms with E-state index in [1.165, 1.54) is 5.69 Å². The van der Waals surface area contributed by atoms with Crippen molar-refractivity contribution in [3.8, 4) is 0 Å². The summed E-state index contributed by atoms with van der Waals surface area (Å²) in [4.78, 5) is 16.8. The molecule has 0 spiro atoms. The van der Waals surface area contributed by atoms with E-state index in [-0.39, 0.29) is 12.1 Å². The molecule has 0 radical (unpaired) electrons. The van der Waals surface area contributed by atoms with Crippen molar-refractivity contribution in [3.05, 3.63) is 60.6 Å². The number of para-hydroxylation sites is 1. The lowest BCUT2D eigenvalue weighted by Gasteiger charge is -2.36. The summed E-state index contributed by atoms with van der Waals surface area (Å²) in [7, 11) is 0. The van der Waals surface area contributed by atoms with Crippen molar-refractivity contribution in [2.75, 3.05) is 31.1 Å². The monoisotopic (exact) mass is 350 g/mol. The largest absolute Gasteiger partial charge is 0.368 e. The Morgan fingerprint density at radius 1 is 1.00 bits per heavy atom. The van der Waals surface area contributed by atoms with Crippen LogP contribution in [0.4, 0.5) is 10.5 Å². The van der Waals surface area contributed by atoms with Crippen molar-refractivity contribution >= 4 is 17.4 Å². The van der Waals surface area contributed by atoms with E-state index in [0.29, 0.717) is 13.1 Å². The van der Waals surface area contributed by atoms with Gasteiger partial charge >= 0.3 is 6.03 Å². The van der Waals surface area contributed by atoms with Crippen LogP contribution in [-0.4, -0.2) is 51.7 Å². The van der Waals surface area contributed by atoms with E-state index in [2.05, 4.69) is 32.5 Å². The molecule has 1 atom stereocenters. The Labute approximate surface area is 152 Å². The number of pyridine rings is 1. The maximum absolute atomic E-state index is 12.6. The summed E-state index contributed by atoms with van der Waals surface area (Å²) in [5.74, 6) is 0.733. The third-order valence-corrected chi connectivity index (χ3v) is 4.76. The van der Waals surface area contributed by atoms with Gasteiger partial charge in [0.15, 0.2) is 11.5 Å². The van der Waals surface area contributed by atoms with Crippen LogP contribution in [0.1, 0.15) is 18.8 Å². The number of carbonyl (C=O) groups is 1. The second-order valence-corrected chi connectivity index (χ2v) is 6.47. The van der Waals surface area contributed by atoms with E-state index in [4.69, 9.17) is 0 Å². The van der Waals surface area contributed by atoms with Crippen LogP contribution in [0.15, 0.2) is 54.7 Å². The number of piperazine rings is 1. The quantitative estimate of drug-likeness (QED) is 0.787. The molecular formula is C19H22N6O. The molecule has 1 aromatic carbocycles. The number of anilines is 1. The summed E-state index contributed by atoms with van der Waals surface area (Å²) < 4.78 is 1.90. The molecule has 4 rings (SSSR count). The molecule has 0 bridgehead atoms. The summed E-state index contributed by atoms with van der Waals surface area (Å²) in [6, 6.07) is 15.8. The van der Waals surface area contributed by atoms with E-state index in [0.717, 1.165) is 24.6 Å². The number of nitrogens with one attached hydrogen (secondary N) is 1. The molecule has 134 valence electrons. The van der Waals surface area contributed by atoms with Crippen molar-refractivity contribution in [1.82, 2.24) is 24.8 Å². The van der Waals surface area contributed by atoms with Gasteiger partial charge in [0.1, 0.15) is 0 Å². The predicted molar refractivity (Wildman–Crippen MR) is 100 cm³/mol. The third-order valence-electron chi connectivity index (χ3n) is 4.76. The lowest BCUT2D eigenvalue weighted by Crippen LogP contribution is -2.52. The number of nitrogens with zero attached hydrogens (tertiary/aromatic N) is 5. The molecule has 1 N–H and O–H groups in total. The van der Waals surface area contributed by atoms with Crippen molar-refractivity contribution < 1.29 is 4.79 Å². The van der Waals surface area contributed by atoms with Crippen LogP contribution in [0.5, 0.6) is 0 Å². The summed E-state index contributed by atoms with van der Waals surface area (Å²) >= 11 is 0. The molecule has 1 aliphatic rings. The van der Waals surface area contributed by atoms with Gasteiger partial charge < -0.3 is 15.1 Å². The average Bonchev–Trinajstić information content (AvgIpc) is 3.13. The van der Waals surface area contributed by atoms with Gasteiger partial charge in [-0.25, -0.2) is 4.79 Å². The van der Waals surface area contributed by atoms with Crippen LogP contribution < -0.4 is 10.2 Å². The molecule has 1 fully saturated rings. The highest BCUT2D eigenvalue weighted by molar-refractivity contribution is 5.75. The van der Waals surface area contributed by atoms with Gasteiger partial charge in [-0.2, -0.15) is 0 Å². The molecule has 0 saturated carbocycles. The zero-order valence-corrected chi connectivity index (χ0v) is 14.7. The minimum absolute atomic E-state index is 0.0575. The Morgan fingerprint density at radius 3 is 2.50 bits per heavy atom. The zero-order chi connectivity index (χ0) is 17.9. The van der Waals surface area contributed by atoms with E-state index in [9.17, 15) is 4.79 Å². The first-order valence-corrected chi connectivity index (χ1v) is 8.87. The number of amides is 2. The van der Waals surface area contributed by atoms with Gasteiger partial charge in [0, 0.05) is 38.1 Å². The Morgan fingerprint density at radius 2 is 1.73 bits per heavy atom. The number of aromatic nitrogens is 3. The maximum atomic E-state index is 12.6. The van der Waals surface area contributed by atoms with Gasteiger partial charge in [-0.15, -0.1) is 10.2 Å². The number of hydrogen-bond donors (Lipinski definition) is 1. The maximum Gasteiger partial charge on any atom is 0.318 e. The number of rotatable bonds is 3. The molecule has 7 nitrogen and oxygen atoms in total. The van der Waals surface area contributed by atoms with Gasteiger partial charge in [0.05, 0.1) is 6.04 Å². The first-order valence-electron chi connectivity index (χ1n) is 8.87. The van der Waals surface area contributed by atoms with Crippen molar-refractivity contribution in [3.63, 3.8) is 0 Å². The smallest absolute Gasteiger partial charge is 0.318 e. The lowest BCUT2D eigenvalue weighted by atomic mass is 10.2. The van der Waals surface area contributed by atoms with Gasteiger partial charge in [0.2, 0.25) is 0 Å². The highest BCUT2D eigenvalue weighted by Gasteiger charge is 2.23. The highest BCUT2D eigenvalue weighted by Crippen LogP contribution is 2.16. The first kappa shape index (κ1) is 16.4. The lowest BCUT2D eigenvalue weighted by molar-refractivity contribution is 0.190. The third kappa shape index (κ3) is 3.20. The Kier molecular flexibility index (Phi) is 4.43. The fraction of sp³-hybridized carbons (Fsp3) is 0.316. The Balaban J connectivity index is 1.37. The van der Waals surface area contributed by atoms with E-state index < -0.39 is 0 Å². The number of urea groups is 1. The van der Waals surface area contributed by atoms with Crippen molar-refractivity contribution in [2.24, 2.45) is 0 Å². The zero-order valence-electron chi connectivity index (χ0n) is 14.7. The summed E-state index contributed by atoms with van der Waals surface area (Å²) in [6.07, 6.45) is 1.91. The second-order valence-electron chi connectivity index (χ2n) is 6.47. The topological polar surface area (TPSA) is 65.8 Å². The normalized spacial score (nSPS) is 15.9. The molecule has 3 aromatic rings. The van der Waals surface area contributed by atoms with Crippen LogP contribution in [0.2, 0.25) is 0 Å². The van der Waals surface area contributed by atoms with Crippen LogP contribution in [0.25, 0.3) is 5.65 Å². The first-order chi connectivity index (χ1) is 12.7. The molecule has 26 heavy (non-hydrogen) atoms. The van der Waals surface area contributed by atoms with E-state index >= 15 is 0 Å². The fourth-order valence-electron chi connectivity index (χ4n) is 3.30.